The van der Waals surface area contributed by atoms with E-state index in [1.165, 1.54) is 13.2 Å². The van der Waals surface area contributed by atoms with E-state index < -0.39 is 17.6 Å². The fourth-order valence-electron chi connectivity index (χ4n) is 4.87. The monoisotopic (exact) mass is 473 g/mol. The second-order valence-corrected chi connectivity index (χ2v) is 8.93. The zero-order chi connectivity index (χ0) is 24.6. The summed E-state index contributed by atoms with van der Waals surface area (Å²) in [5.41, 5.74) is 2.42. The minimum atomic E-state index is -1.27. The van der Waals surface area contributed by atoms with Gasteiger partial charge in [0.1, 0.15) is 11.6 Å². The molecule has 2 aliphatic heterocycles. The van der Waals surface area contributed by atoms with Crippen molar-refractivity contribution in [3.8, 4) is 23.3 Å². The lowest BCUT2D eigenvalue weighted by atomic mass is 9.86. The van der Waals surface area contributed by atoms with Crippen LogP contribution in [0.25, 0.3) is 11.4 Å². The van der Waals surface area contributed by atoms with E-state index in [0.717, 1.165) is 41.7 Å². The largest absolute Gasteiger partial charge is 0.481 e. The number of hydrogen-bond donors (Lipinski definition) is 1. The van der Waals surface area contributed by atoms with Crippen molar-refractivity contribution in [2.45, 2.75) is 37.6 Å². The van der Waals surface area contributed by atoms with Gasteiger partial charge in [0.25, 0.3) is 0 Å². The van der Waals surface area contributed by atoms with E-state index in [0.29, 0.717) is 25.3 Å². The number of methoxy groups -OCH3 is 1. The molecule has 1 saturated heterocycles. The third-order valence-electron chi connectivity index (χ3n) is 6.78. The highest BCUT2D eigenvalue weighted by atomic mass is 19.1. The fourth-order valence-corrected chi connectivity index (χ4v) is 4.87. The van der Waals surface area contributed by atoms with E-state index in [1.54, 1.807) is 23.4 Å². The predicted molar refractivity (Wildman–Crippen MR) is 125 cm³/mol. The summed E-state index contributed by atoms with van der Waals surface area (Å²) in [6.45, 7) is 2.81. The van der Waals surface area contributed by atoms with Gasteiger partial charge in [-0.1, -0.05) is 0 Å². The molecule has 178 valence electrons. The van der Waals surface area contributed by atoms with Gasteiger partial charge in [0, 0.05) is 42.7 Å². The van der Waals surface area contributed by atoms with Gasteiger partial charge in [0.2, 0.25) is 11.8 Å². The number of pyridine rings is 2. The van der Waals surface area contributed by atoms with Gasteiger partial charge in [-0.15, -0.1) is 0 Å². The van der Waals surface area contributed by atoms with Crippen molar-refractivity contribution in [2.75, 3.05) is 25.5 Å². The molecule has 10 heteroatoms. The van der Waals surface area contributed by atoms with Gasteiger partial charge in [0.05, 0.1) is 30.6 Å². The Labute approximate surface area is 202 Å². The van der Waals surface area contributed by atoms with Crippen LogP contribution < -0.4 is 10.1 Å². The van der Waals surface area contributed by atoms with Crippen LogP contribution in [-0.4, -0.2) is 56.5 Å². The average Bonchev–Trinajstić information content (AvgIpc) is 3.28. The second kappa shape index (κ2) is 8.91. The van der Waals surface area contributed by atoms with Crippen molar-refractivity contribution in [3.05, 3.63) is 59.4 Å². The Kier molecular flexibility index (Phi) is 5.76. The molecule has 2 atom stereocenters. The minimum Gasteiger partial charge on any atom is -0.481 e. The predicted octanol–water partition coefficient (Wildman–Crippen LogP) is 3.03. The number of fused-ring (bicyclic) bond motifs is 1. The minimum absolute atomic E-state index is 0.0276. The van der Waals surface area contributed by atoms with Gasteiger partial charge in [-0.25, -0.2) is 24.3 Å². The number of halogens is 1. The van der Waals surface area contributed by atoms with Crippen LogP contribution in [0, 0.1) is 24.1 Å². The number of nitriles is 1. The molecule has 3 aromatic rings. The Bertz CT molecular complexity index is 1330. The zero-order valence-electron chi connectivity index (χ0n) is 19.5. The van der Waals surface area contributed by atoms with Crippen molar-refractivity contribution in [1.29, 1.82) is 5.26 Å². The number of nitrogens with zero attached hydrogens (tertiary/aromatic N) is 6. The number of aromatic nitrogens is 4. The maximum Gasteiger partial charge on any atom is 0.244 e. The number of rotatable bonds is 4. The molecule has 0 aromatic carbocycles. The summed E-state index contributed by atoms with van der Waals surface area (Å²) in [5.74, 6) is -0.816. The number of likely N-dealkylation sites (tertiary alicyclic amines) is 1. The number of nitrogens with one attached hydrogen (secondary N) is 1. The van der Waals surface area contributed by atoms with Gasteiger partial charge in [-0.3, -0.25) is 4.79 Å². The van der Waals surface area contributed by atoms with Crippen molar-refractivity contribution in [1.82, 2.24) is 24.8 Å². The van der Waals surface area contributed by atoms with Crippen molar-refractivity contribution in [2.24, 2.45) is 0 Å². The van der Waals surface area contributed by atoms with E-state index in [-0.39, 0.29) is 17.0 Å². The number of hydrogen-bond acceptors (Lipinski definition) is 8. The molecule has 0 saturated carbocycles. The van der Waals surface area contributed by atoms with Gasteiger partial charge in [0.15, 0.2) is 11.7 Å². The lowest BCUT2D eigenvalue weighted by molar-refractivity contribution is -0.130. The fraction of sp³-hybridized carbons (Fsp3) is 0.360. The quantitative estimate of drug-likeness (QED) is 0.615. The third kappa shape index (κ3) is 4.14. The molecule has 9 nitrogen and oxygen atoms in total. The Morgan fingerprint density at radius 1 is 1.29 bits per heavy atom. The number of ether oxygens (including phenoxy) is 1. The van der Waals surface area contributed by atoms with E-state index in [4.69, 9.17) is 9.72 Å². The van der Waals surface area contributed by atoms with Gasteiger partial charge < -0.3 is 15.0 Å². The standard InChI is InChI=1S/C25H24FN7O2/c1-15-17(23-28-7-3-8-29-23)10-16-4-5-25(32-22(16)31-15)6-9-33(14-25)24(34)19(12-27)18-11-21(35-2)30-13-20(18)26/h3,7-8,10-11,13,19H,4-6,9,14H2,1-2H3,(H,31,32)/t19?,25-/m0/s1. The summed E-state index contributed by atoms with van der Waals surface area (Å²) < 4.78 is 19.5. The maximum absolute atomic E-state index is 14.4. The molecule has 1 unspecified atom stereocenters. The summed E-state index contributed by atoms with van der Waals surface area (Å²) in [6, 6.07) is 7.13. The van der Waals surface area contributed by atoms with Crippen LogP contribution in [0.1, 0.15) is 35.6 Å². The molecule has 0 aliphatic carbocycles. The number of amides is 1. The van der Waals surface area contributed by atoms with E-state index >= 15 is 0 Å². The number of carbonyl (C=O) groups excluding carboxylic acids is 1. The first-order valence-electron chi connectivity index (χ1n) is 11.4. The SMILES string of the molecule is COc1cc(C(C#N)C(=O)N2CC[C@@]3(CCc4cc(-c5ncccn5)c(C)nc4N3)C2)c(F)cn1. The van der Waals surface area contributed by atoms with Gasteiger partial charge >= 0.3 is 0 Å². The maximum atomic E-state index is 14.4. The van der Waals surface area contributed by atoms with Crippen LogP contribution in [-0.2, 0) is 11.2 Å². The molecule has 5 heterocycles. The highest BCUT2D eigenvalue weighted by Crippen LogP contribution is 2.38. The molecular weight excluding hydrogens is 449 g/mol. The smallest absolute Gasteiger partial charge is 0.244 e. The lowest BCUT2D eigenvalue weighted by Gasteiger charge is -2.36. The molecule has 1 spiro atoms. The van der Waals surface area contributed by atoms with E-state index in [1.807, 2.05) is 13.0 Å². The molecule has 1 N–H and O–H groups in total. The highest BCUT2D eigenvalue weighted by molar-refractivity contribution is 5.87. The molecule has 5 rings (SSSR count). The number of aryl methyl sites for hydroxylation is 2. The van der Waals surface area contributed by atoms with Gasteiger partial charge in [-0.2, -0.15) is 5.26 Å². The van der Waals surface area contributed by atoms with Crippen molar-refractivity contribution in [3.63, 3.8) is 0 Å². The van der Waals surface area contributed by atoms with Crippen LogP contribution in [0.3, 0.4) is 0 Å². The molecule has 2 aliphatic rings. The first-order valence-corrected chi connectivity index (χ1v) is 11.4. The van der Waals surface area contributed by atoms with Crippen LogP contribution >= 0.6 is 0 Å². The van der Waals surface area contributed by atoms with E-state index in [9.17, 15) is 14.4 Å². The van der Waals surface area contributed by atoms with Crippen LogP contribution in [0.15, 0.2) is 36.8 Å². The molecule has 3 aromatic heterocycles. The Morgan fingerprint density at radius 2 is 2.09 bits per heavy atom. The first-order chi connectivity index (χ1) is 16.9. The first kappa shape index (κ1) is 22.7. The molecular formula is C25H24FN7O2. The summed E-state index contributed by atoms with van der Waals surface area (Å²) in [5, 5.41) is 13.3. The zero-order valence-corrected chi connectivity index (χ0v) is 19.5. The van der Waals surface area contributed by atoms with Crippen LogP contribution in [0.4, 0.5) is 10.2 Å². The lowest BCUT2D eigenvalue weighted by Crippen LogP contribution is -2.46. The Hall–Kier alpha value is -4.13. The van der Waals surface area contributed by atoms with Crippen LogP contribution in [0.2, 0.25) is 0 Å². The van der Waals surface area contributed by atoms with Crippen LogP contribution in [0.5, 0.6) is 5.88 Å². The molecule has 0 radical (unpaired) electrons. The normalized spacial score (nSPS) is 19.5. The molecule has 0 bridgehead atoms. The third-order valence-corrected chi connectivity index (χ3v) is 6.78. The van der Waals surface area contributed by atoms with E-state index in [2.05, 4.69) is 26.3 Å². The average molecular weight is 474 g/mol. The topological polar surface area (TPSA) is 117 Å². The van der Waals surface area contributed by atoms with Crippen molar-refractivity contribution < 1.29 is 13.9 Å². The number of carbonyl (C=O) groups is 1. The Morgan fingerprint density at radius 3 is 2.83 bits per heavy atom. The summed E-state index contributed by atoms with van der Waals surface area (Å²) in [4.78, 5) is 32.2. The Balaban J connectivity index is 1.35. The highest BCUT2D eigenvalue weighted by Gasteiger charge is 2.44. The van der Waals surface area contributed by atoms with Gasteiger partial charge in [-0.05, 0) is 43.9 Å². The number of anilines is 1. The summed E-state index contributed by atoms with van der Waals surface area (Å²) in [7, 11) is 1.40. The summed E-state index contributed by atoms with van der Waals surface area (Å²) in [6.07, 6.45) is 6.69. The second-order valence-electron chi connectivity index (χ2n) is 8.93. The summed E-state index contributed by atoms with van der Waals surface area (Å²) >= 11 is 0. The molecule has 1 fully saturated rings. The molecule has 1 amide bonds. The van der Waals surface area contributed by atoms with Crippen molar-refractivity contribution >= 4 is 11.7 Å². The molecule has 35 heavy (non-hydrogen) atoms.